The molecule has 0 N–H and O–H groups in total. The van der Waals surface area contributed by atoms with Crippen LogP contribution < -0.4 is 10.5 Å². The third-order valence-electron chi connectivity index (χ3n) is 0.974. The molecule has 1 rings (SSSR count). The Labute approximate surface area is 54.2 Å². The lowest BCUT2D eigenvalue weighted by Gasteiger charge is -1.97. The molecular weight excluding hydrogens is 114 g/mol. The summed E-state index contributed by atoms with van der Waals surface area (Å²) in [6, 6.07) is 9.17. The molecule has 0 aliphatic rings. The van der Waals surface area contributed by atoms with Gasteiger partial charge in [0.15, 0.2) is 6.73 Å². The number of rotatable bonds is 2. The van der Waals surface area contributed by atoms with E-state index in [1.165, 1.54) is 0 Å². The highest BCUT2D eigenvalue weighted by atomic mass is 16.5. The van der Waals surface area contributed by atoms with Crippen LogP contribution in [0, 0.1) is 0 Å². The summed E-state index contributed by atoms with van der Waals surface area (Å²) in [6.07, 6.45) is 0. The van der Waals surface area contributed by atoms with Gasteiger partial charge in [0.2, 0.25) is 0 Å². The molecule has 46 valence electrons. The van der Waals surface area contributed by atoms with Gasteiger partial charge in [-0.2, -0.15) is 0 Å². The molecule has 0 amide bonds. The Balaban J connectivity index is 2.61. The zero-order valence-electron chi connectivity index (χ0n) is 4.95. The molecule has 0 unspecified atom stereocenters. The van der Waals surface area contributed by atoms with E-state index >= 15 is 0 Å². The fourth-order valence-corrected chi connectivity index (χ4v) is 0.591. The summed E-state index contributed by atoms with van der Waals surface area (Å²) in [5, 5.41) is 0. The number of nitrogens with zero attached hydrogens (tertiary/aromatic N) is 1. The summed E-state index contributed by atoms with van der Waals surface area (Å²) in [5.41, 5.74) is 8.30. The van der Waals surface area contributed by atoms with Crippen molar-refractivity contribution in [1.29, 1.82) is 0 Å². The maximum atomic E-state index is 8.30. The number of benzene rings is 1. The van der Waals surface area contributed by atoms with Crippen molar-refractivity contribution in [2.75, 3.05) is 6.73 Å². The number of hydrogen-bond donors (Lipinski definition) is 0. The van der Waals surface area contributed by atoms with Gasteiger partial charge in [0, 0.05) is 0 Å². The minimum atomic E-state index is -0.260. The van der Waals surface area contributed by atoms with Gasteiger partial charge in [0.05, 0.1) is 0 Å². The van der Waals surface area contributed by atoms with E-state index < -0.39 is 0 Å². The van der Waals surface area contributed by atoms with Crippen LogP contribution in [0.25, 0.3) is 0 Å². The first kappa shape index (κ1) is 6.11. The summed E-state index contributed by atoms with van der Waals surface area (Å²) in [4.78, 5) is 0. The fraction of sp³-hybridized carbons (Fsp3) is 0.143. The quantitative estimate of drug-likeness (QED) is 0.576. The Morgan fingerprint density at radius 2 is 1.89 bits per heavy atom. The third kappa shape index (κ3) is 1.74. The summed E-state index contributed by atoms with van der Waals surface area (Å²) in [7, 11) is 0. The predicted octanol–water partition coefficient (Wildman–Crippen LogP) is 1.09. The Kier molecular flexibility index (Phi) is 2.10. The third-order valence-corrected chi connectivity index (χ3v) is 0.974. The van der Waals surface area contributed by atoms with Crippen LogP contribution in [-0.4, -0.2) is 6.73 Å². The average Bonchev–Trinajstić information content (AvgIpc) is 1.91. The van der Waals surface area contributed by atoms with Crippen molar-refractivity contribution in [3.05, 3.63) is 30.3 Å². The second-order valence-electron chi connectivity index (χ2n) is 1.59. The molecule has 0 saturated heterocycles. The Morgan fingerprint density at radius 3 is 2.44 bits per heavy atom. The first-order chi connectivity index (χ1) is 4.43. The molecule has 0 heterocycles. The van der Waals surface area contributed by atoms with Gasteiger partial charge in [0.25, 0.3) is 0 Å². The van der Waals surface area contributed by atoms with Gasteiger partial charge >= 0.3 is 0 Å². The normalized spacial score (nSPS) is 9.00. The van der Waals surface area contributed by atoms with Gasteiger partial charge in [-0.3, -0.25) is 0 Å². The zero-order valence-corrected chi connectivity index (χ0v) is 4.95. The van der Waals surface area contributed by atoms with Gasteiger partial charge in [0.1, 0.15) is 5.75 Å². The topological polar surface area (TPSA) is 31.5 Å². The summed E-state index contributed by atoms with van der Waals surface area (Å²) < 4.78 is 4.76. The van der Waals surface area contributed by atoms with E-state index in [4.69, 9.17) is 10.5 Å². The average molecular weight is 121 g/mol. The molecule has 2 nitrogen and oxygen atoms in total. The van der Waals surface area contributed by atoms with Crippen molar-refractivity contribution in [2.24, 2.45) is 0 Å². The van der Waals surface area contributed by atoms with E-state index in [0.29, 0.717) is 5.75 Å². The largest absolute Gasteiger partial charge is 0.475 e. The van der Waals surface area contributed by atoms with Crippen LogP contribution >= 0.6 is 0 Å². The van der Waals surface area contributed by atoms with E-state index in [1.54, 1.807) is 12.1 Å². The fourth-order valence-electron chi connectivity index (χ4n) is 0.591. The van der Waals surface area contributed by atoms with Crippen LogP contribution in [0.1, 0.15) is 0 Å². The molecule has 9 heavy (non-hydrogen) atoms. The maximum absolute atomic E-state index is 8.30. The molecule has 2 radical (unpaired) electrons. The monoisotopic (exact) mass is 121 g/mol. The Morgan fingerprint density at radius 1 is 1.22 bits per heavy atom. The number of ether oxygens (including phenoxy) is 1. The highest BCUT2D eigenvalue weighted by molar-refractivity contribution is 5.20. The molecule has 0 aliphatic heterocycles. The zero-order chi connectivity index (χ0) is 6.53. The van der Waals surface area contributed by atoms with Gasteiger partial charge in [-0.05, 0) is 12.1 Å². The van der Waals surface area contributed by atoms with E-state index in [-0.39, 0.29) is 6.73 Å². The van der Waals surface area contributed by atoms with Crippen LogP contribution in [0.4, 0.5) is 0 Å². The van der Waals surface area contributed by atoms with E-state index in [2.05, 4.69) is 0 Å². The van der Waals surface area contributed by atoms with E-state index in [0.717, 1.165) is 0 Å². The highest BCUT2D eigenvalue weighted by Crippen LogP contribution is 2.06. The lowest BCUT2D eigenvalue weighted by Crippen LogP contribution is -1.95. The number of hydrogen-bond acceptors (Lipinski definition) is 1. The second-order valence-corrected chi connectivity index (χ2v) is 1.59. The Bertz CT molecular complexity index is 162. The molecule has 0 saturated carbocycles. The minimum Gasteiger partial charge on any atom is -0.475 e. The second kappa shape index (κ2) is 3.10. The summed E-state index contributed by atoms with van der Waals surface area (Å²) in [5.74, 6) is 0.694. The van der Waals surface area contributed by atoms with E-state index in [9.17, 15) is 0 Å². The van der Waals surface area contributed by atoms with E-state index in [1.807, 2.05) is 18.2 Å². The molecule has 0 aliphatic carbocycles. The van der Waals surface area contributed by atoms with Crippen LogP contribution in [-0.2, 0) is 0 Å². The van der Waals surface area contributed by atoms with Crippen molar-refractivity contribution < 1.29 is 4.74 Å². The van der Waals surface area contributed by atoms with Crippen molar-refractivity contribution >= 4 is 0 Å². The van der Waals surface area contributed by atoms with Crippen LogP contribution in [0.2, 0.25) is 0 Å². The summed E-state index contributed by atoms with van der Waals surface area (Å²) >= 11 is 0. The van der Waals surface area contributed by atoms with Crippen LogP contribution in [0.15, 0.2) is 30.3 Å². The molecule has 1 aromatic rings. The molecule has 0 bridgehead atoms. The van der Waals surface area contributed by atoms with Crippen molar-refractivity contribution in [1.82, 2.24) is 5.73 Å². The molecule has 0 atom stereocenters. The molecule has 0 aromatic heterocycles. The van der Waals surface area contributed by atoms with Crippen molar-refractivity contribution in [3.8, 4) is 5.75 Å². The Hall–Kier alpha value is -1.02. The lowest BCUT2D eigenvalue weighted by atomic mass is 10.3. The number of para-hydroxylation sites is 1. The molecular formula is C7H7NO. The van der Waals surface area contributed by atoms with Crippen LogP contribution in [0.3, 0.4) is 0 Å². The molecule has 2 heteroatoms. The molecule has 0 spiro atoms. The van der Waals surface area contributed by atoms with Gasteiger partial charge in [-0.25, -0.2) is 0 Å². The van der Waals surface area contributed by atoms with Crippen molar-refractivity contribution in [3.63, 3.8) is 0 Å². The van der Waals surface area contributed by atoms with Gasteiger partial charge in [-0.1, -0.05) is 18.2 Å². The van der Waals surface area contributed by atoms with Gasteiger partial charge < -0.3 is 4.74 Å². The van der Waals surface area contributed by atoms with Crippen molar-refractivity contribution in [2.45, 2.75) is 0 Å². The highest BCUT2D eigenvalue weighted by Gasteiger charge is 1.84. The molecule has 0 fully saturated rings. The maximum Gasteiger partial charge on any atom is 0.171 e. The first-order valence-corrected chi connectivity index (χ1v) is 2.72. The molecule has 1 aromatic carbocycles. The lowest BCUT2D eigenvalue weighted by molar-refractivity contribution is 0.323. The van der Waals surface area contributed by atoms with Gasteiger partial charge in [-0.15, -0.1) is 5.73 Å². The minimum absolute atomic E-state index is 0.260. The summed E-state index contributed by atoms with van der Waals surface area (Å²) in [6.45, 7) is -0.260. The van der Waals surface area contributed by atoms with Crippen LogP contribution in [0.5, 0.6) is 5.75 Å². The first-order valence-electron chi connectivity index (χ1n) is 2.72. The smallest absolute Gasteiger partial charge is 0.171 e. The standard InChI is InChI=1S/C7H7NO/c8-6-9-7-4-2-1-3-5-7/h1-5H,6H2. The predicted molar refractivity (Wildman–Crippen MR) is 34.1 cm³/mol. The SMILES string of the molecule is [N]COc1ccccc1.